The van der Waals surface area contributed by atoms with Crippen LogP contribution in [0.25, 0.3) is 5.65 Å². The molecule has 18 heavy (non-hydrogen) atoms. The number of aryl methyl sites for hydroxylation is 1. The molecule has 0 aliphatic carbocycles. The van der Waals surface area contributed by atoms with Crippen LogP contribution in [-0.2, 0) is 0 Å². The van der Waals surface area contributed by atoms with E-state index in [0.717, 1.165) is 15.7 Å². The second-order valence-electron chi connectivity index (χ2n) is 4.32. The number of fused-ring (bicyclic) bond motifs is 1. The summed E-state index contributed by atoms with van der Waals surface area (Å²) in [6, 6.07) is 1.98. The maximum atomic E-state index is 12.1. The Balaban J connectivity index is 2.49. The average Bonchev–Trinajstić information content (AvgIpc) is 2.69. The van der Waals surface area contributed by atoms with E-state index in [0.29, 0.717) is 5.69 Å². The zero-order valence-electron chi connectivity index (χ0n) is 10.5. The lowest BCUT2D eigenvalue weighted by molar-refractivity contribution is 0.104. The molecule has 2 aromatic heterocycles. The van der Waals surface area contributed by atoms with Crippen molar-refractivity contribution in [2.24, 2.45) is 0 Å². The van der Waals surface area contributed by atoms with E-state index in [1.807, 2.05) is 42.6 Å². The molecule has 5 heteroatoms. The van der Waals surface area contributed by atoms with Crippen LogP contribution >= 0.6 is 15.9 Å². The number of hydrogen-bond donors (Lipinski definition) is 0. The van der Waals surface area contributed by atoms with Crippen molar-refractivity contribution in [2.45, 2.75) is 6.92 Å². The molecule has 2 heterocycles. The summed E-state index contributed by atoms with van der Waals surface area (Å²) in [4.78, 5) is 18.2. The molecule has 0 N–H and O–H groups in total. The number of rotatable bonds is 3. The van der Waals surface area contributed by atoms with Crippen LogP contribution in [0.4, 0.5) is 0 Å². The second kappa shape index (κ2) is 4.94. The maximum absolute atomic E-state index is 12.1. The Bertz CT molecular complexity index is 628. The first-order valence-electron chi connectivity index (χ1n) is 5.51. The van der Waals surface area contributed by atoms with Crippen molar-refractivity contribution >= 4 is 27.4 Å². The minimum atomic E-state index is -0.0614. The van der Waals surface area contributed by atoms with Crippen LogP contribution in [0, 0.1) is 6.92 Å². The predicted molar refractivity (Wildman–Crippen MR) is 74.8 cm³/mol. The number of allylic oxidation sites excluding steroid dienone is 1. The highest BCUT2D eigenvalue weighted by Crippen LogP contribution is 2.18. The lowest BCUT2D eigenvalue weighted by atomic mass is 10.2. The van der Waals surface area contributed by atoms with Gasteiger partial charge >= 0.3 is 0 Å². The fourth-order valence-electron chi connectivity index (χ4n) is 1.70. The van der Waals surface area contributed by atoms with Gasteiger partial charge in [0.1, 0.15) is 11.3 Å². The highest BCUT2D eigenvalue weighted by Gasteiger charge is 2.11. The number of carbonyl (C=O) groups excluding carboxylic acids is 1. The molecule has 0 saturated heterocycles. The van der Waals surface area contributed by atoms with Crippen molar-refractivity contribution in [3.05, 3.63) is 46.5 Å². The van der Waals surface area contributed by atoms with Gasteiger partial charge in [-0.1, -0.05) is 0 Å². The van der Waals surface area contributed by atoms with Gasteiger partial charge in [0, 0.05) is 37.0 Å². The first-order chi connectivity index (χ1) is 8.49. The summed E-state index contributed by atoms with van der Waals surface area (Å²) in [5, 5.41) is 0. The van der Waals surface area contributed by atoms with Gasteiger partial charge < -0.3 is 4.90 Å². The summed E-state index contributed by atoms with van der Waals surface area (Å²) >= 11 is 3.43. The largest absolute Gasteiger partial charge is 0.383 e. The molecule has 0 aromatic carbocycles. The monoisotopic (exact) mass is 307 g/mol. The summed E-state index contributed by atoms with van der Waals surface area (Å²) in [5.74, 6) is -0.0614. The van der Waals surface area contributed by atoms with Crippen LogP contribution in [0.1, 0.15) is 16.1 Å². The molecule has 2 rings (SSSR count). The summed E-state index contributed by atoms with van der Waals surface area (Å²) in [6.45, 7) is 1.97. The van der Waals surface area contributed by atoms with Crippen molar-refractivity contribution in [3.8, 4) is 0 Å². The molecule has 0 bridgehead atoms. The fraction of sp³-hybridized carbons (Fsp3) is 0.231. The van der Waals surface area contributed by atoms with Crippen LogP contribution in [0.3, 0.4) is 0 Å². The van der Waals surface area contributed by atoms with Crippen molar-refractivity contribution in [3.63, 3.8) is 0 Å². The molecular formula is C13H14BrN3O. The molecule has 0 aliphatic heterocycles. The number of hydrogen-bond acceptors (Lipinski definition) is 3. The highest BCUT2D eigenvalue weighted by molar-refractivity contribution is 9.10. The molecule has 0 aliphatic rings. The van der Waals surface area contributed by atoms with Gasteiger partial charge in [0.2, 0.25) is 5.78 Å². The molecule has 0 radical (unpaired) electrons. The fourth-order valence-corrected chi connectivity index (χ4v) is 2.25. The van der Waals surface area contributed by atoms with E-state index in [4.69, 9.17) is 0 Å². The molecule has 0 atom stereocenters. The molecule has 0 unspecified atom stereocenters. The normalized spacial score (nSPS) is 11.3. The first kappa shape index (κ1) is 12.8. The number of nitrogens with zero attached hydrogens (tertiary/aromatic N) is 3. The smallest absolute Gasteiger partial charge is 0.205 e. The lowest BCUT2D eigenvalue weighted by Crippen LogP contribution is -2.05. The molecule has 0 amide bonds. The van der Waals surface area contributed by atoms with Gasteiger partial charge in [-0.15, -0.1) is 0 Å². The Labute approximate surface area is 114 Å². The van der Waals surface area contributed by atoms with Gasteiger partial charge in [0.05, 0.1) is 6.20 Å². The average molecular weight is 308 g/mol. The molecule has 0 saturated carbocycles. The van der Waals surface area contributed by atoms with Crippen LogP contribution in [0.15, 0.2) is 35.2 Å². The summed E-state index contributed by atoms with van der Waals surface area (Å²) in [6.07, 6.45) is 6.73. The lowest BCUT2D eigenvalue weighted by Gasteiger charge is -2.04. The molecule has 2 aromatic rings. The standard InChI is InChI=1S/C13H14BrN3O/c1-9-6-10(14)8-17-11(7-15-13(9)17)12(18)4-5-16(2)3/h4-8H,1-3H3/b5-4+. The quantitative estimate of drug-likeness (QED) is 0.646. The van der Waals surface area contributed by atoms with E-state index in [1.54, 1.807) is 18.5 Å². The Morgan fingerprint density at radius 3 is 2.89 bits per heavy atom. The van der Waals surface area contributed by atoms with E-state index in [-0.39, 0.29) is 5.78 Å². The van der Waals surface area contributed by atoms with Gasteiger partial charge in [-0.2, -0.15) is 0 Å². The van der Waals surface area contributed by atoms with Crippen molar-refractivity contribution in [2.75, 3.05) is 14.1 Å². The van der Waals surface area contributed by atoms with Crippen molar-refractivity contribution in [1.29, 1.82) is 0 Å². The third kappa shape index (κ3) is 2.46. The predicted octanol–water partition coefficient (Wildman–Crippen LogP) is 2.66. The van der Waals surface area contributed by atoms with Crippen LogP contribution in [0.2, 0.25) is 0 Å². The summed E-state index contributed by atoms with van der Waals surface area (Å²) in [7, 11) is 3.75. The number of ketones is 1. The Hall–Kier alpha value is -1.62. The van der Waals surface area contributed by atoms with Gasteiger partial charge in [-0.3, -0.25) is 9.20 Å². The van der Waals surface area contributed by atoms with Crippen LogP contribution in [-0.4, -0.2) is 34.2 Å². The Morgan fingerprint density at radius 2 is 2.22 bits per heavy atom. The van der Waals surface area contributed by atoms with E-state index in [2.05, 4.69) is 20.9 Å². The summed E-state index contributed by atoms with van der Waals surface area (Å²) in [5.41, 5.74) is 2.40. The number of aromatic nitrogens is 2. The first-order valence-corrected chi connectivity index (χ1v) is 6.30. The minimum absolute atomic E-state index is 0.0614. The van der Waals surface area contributed by atoms with Crippen LogP contribution in [0.5, 0.6) is 0 Å². The number of halogens is 1. The van der Waals surface area contributed by atoms with E-state index in [9.17, 15) is 4.79 Å². The number of carbonyl (C=O) groups is 1. The van der Waals surface area contributed by atoms with Crippen molar-refractivity contribution in [1.82, 2.24) is 14.3 Å². The molecule has 0 spiro atoms. The third-order valence-electron chi connectivity index (χ3n) is 2.53. The van der Waals surface area contributed by atoms with Gasteiger partial charge in [0.25, 0.3) is 0 Å². The van der Waals surface area contributed by atoms with Gasteiger partial charge in [-0.25, -0.2) is 4.98 Å². The minimum Gasteiger partial charge on any atom is -0.383 e. The zero-order chi connectivity index (χ0) is 13.3. The molecule has 94 valence electrons. The van der Waals surface area contributed by atoms with Crippen molar-refractivity contribution < 1.29 is 4.79 Å². The Morgan fingerprint density at radius 1 is 1.50 bits per heavy atom. The molecule has 4 nitrogen and oxygen atoms in total. The number of pyridine rings is 1. The Kier molecular flexibility index (Phi) is 3.52. The third-order valence-corrected chi connectivity index (χ3v) is 2.97. The molecule has 0 fully saturated rings. The molecular weight excluding hydrogens is 294 g/mol. The zero-order valence-corrected chi connectivity index (χ0v) is 12.1. The number of imidazole rings is 1. The van der Waals surface area contributed by atoms with Gasteiger partial charge in [-0.05, 0) is 34.5 Å². The highest BCUT2D eigenvalue weighted by atomic mass is 79.9. The summed E-state index contributed by atoms with van der Waals surface area (Å²) < 4.78 is 2.73. The second-order valence-corrected chi connectivity index (χ2v) is 5.24. The van der Waals surface area contributed by atoms with Crippen LogP contribution < -0.4 is 0 Å². The van der Waals surface area contributed by atoms with E-state index >= 15 is 0 Å². The van der Waals surface area contributed by atoms with Gasteiger partial charge in [0.15, 0.2) is 0 Å². The van der Waals surface area contributed by atoms with E-state index < -0.39 is 0 Å². The van der Waals surface area contributed by atoms with E-state index in [1.165, 1.54) is 0 Å². The topological polar surface area (TPSA) is 37.6 Å². The maximum Gasteiger partial charge on any atom is 0.205 e. The SMILES string of the molecule is Cc1cc(Br)cn2c(C(=O)/C=C/N(C)C)cnc12.